The van der Waals surface area contributed by atoms with Gasteiger partial charge in [-0.05, 0) is 48.4 Å². The topological polar surface area (TPSA) is 50.4 Å². The van der Waals surface area contributed by atoms with Crippen molar-refractivity contribution < 1.29 is 40.3 Å². The van der Waals surface area contributed by atoms with Gasteiger partial charge in [-0.25, -0.2) is 4.39 Å². The maximum absolute atomic E-state index is 13.5. The van der Waals surface area contributed by atoms with Gasteiger partial charge in [0.1, 0.15) is 5.82 Å². The largest absolute Gasteiger partial charge is 0.416 e. The highest BCUT2D eigenvalue weighted by Gasteiger charge is 2.41. The zero-order valence-electron chi connectivity index (χ0n) is 19.0. The average molecular weight is 506 g/mol. The van der Waals surface area contributed by atoms with E-state index >= 15 is 0 Å². The van der Waals surface area contributed by atoms with Gasteiger partial charge < -0.3 is 15.4 Å². The number of ether oxygens (including phenoxy) is 1. The maximum Gasteiger partial charge on any atom is 0.416 e. The molecule has 35 heavy (non-hydrogen) atoms. The lowest BCUT2D eigenvalue weighted by molar-refractivity contribution is -0.143. The Bertz CT molecular complexity index is 999. The van der Waals surface area contributed by atoms with Gasteiger partial charge in [-0.2, -0.15) is 26.3 Å². The summed E-state index contributed by atoms with van der Waals surface area (Å²) >= 11 is 0. The molecule has 2 N–H and O–H groups in total. The van der Waals surface area contributed by atoms with Crippen molar-refractivity contribution in [3.05, 3.63) is 70.5 Å². The van der Waals surface area contributed by atoms with Gasteiger partial charge in [0.15, 0.2) is 0 Å². The van der Waals surface area contributed by atoms with Gasteiger partial charge in [-0.3, -0.25) is 4.79 Å². The molecular formula is C24H25F7N2O2. The van der Waals surface area contributed by atoms with E-state index in [9.17, 15) is 35.5 Å². The summed E-state index contributed by atoms with van der Waals surface area (Å²) in [4.78, 5) is 13.0. The fourth-order valence-corrected chi connectivity index (χ4v) is 4.15. The molecule has 3 unspecified atom stereocenters. The molecule has 4 nitrogen and oxygen atoms in total. The van der Waals surface area contributed by atoms with Crippen molar-refractivity contribution in [1.82, 2.24) is 10.6 Å². The molecule has 0 spiro atoms. The highest BCUT2D eigenvalue weighted by Crippen LogP contribution is 2.38. The molecule has 1 aliphatic rings. The van der Waals surface area contributed by atoms with E-state index in [1.807, 2.05) is 0 Å². The third-order valence-corrected chi connectivity index (χ3v) is 6.16. The van der Waals surface area contributed by atoms with Crippen molar-refractivity contribution in [2.75, 3.05) is 19.7 Å². The number of halogens is 7. The number of hydrogen-bond donors (Lipinski definition) is 2. The molecular weight excluding hydrogens is 481 g/mol. The minimum atomic E-state index is -4.99. The number of amides is 1. The van der Waals surface area contributed by atoms with Crippen molar-refractivity contribution in [2.45, 2.75) is 50.2 Å². The Morgan fingerprint density at radius 1 is 1.03 bits per heavy atom. The van der Waals surface area contributed by atoms with Crippen LogP contribution < -0.4 is 10.6 Å². The summed E-state index contributed by atoms with van der Waals surface area (Å²) in [6, 6.07) is 5.60. The number of nitrogens with one attached hydrogen (secondary N) is 2. The summed E-state index contributed by atoms with van der Waals surface area (Å²) in [7, 11) is 0. The van der Waals surface area contributed by atoms with Crippen LogP contribution in [0.4, 0.5) is 30.7 Å². The molecule has 2 aromatic rings. The van der Waals surface area contributed by atoms with Crippen molar-refractivity contribution >= 4 is 5.91 Å². The summed E-state index contributed by atoms with van der Waals surface area (Å²) in [6.45, 7) is 4.44. The third-order valence-electron chi connectivity index (χ3n) is 6.16. The van der Waals surface area contributed by atoms with Crippen LogP contribution in [-0.2, 0) is 27.3 Å². The lowest BCUT2D eigenvalue weighted by atomic mass is 9.74. The molecule has 1 amide bonds. The molecule has 1 aliphatic heterocycles. The van der Waals surface area contributed by atoms with Gasteiger partial charge >= 0.3 is 12.4 Å². The van der Waals surface area contributed by atoms with E-state index in [-0.39, 0.29) is 18.1 Å². The van der Waals surface area contributed by atoms with E-state index in [4.69, 9.17) is 4.74 Å². The third kappa shape index (κ3) is 6.52. The van der Waals surface area contributed by atoms with E-state index < -0.39 is 52.8 Å². The standard InChI is InChI=1S/C24H25F7N2O2/c1-14(15-9-17(23(26,27)28)11-18(10-15)24(29,30)31)33-21(34)12-22(2,20-13-32-7-8-35-20)16-3-5-19(25)6-4-16/h3-6,9-11,14,20,32H,7-8,12-13H2,1-2H3,(H,33,34). The lowest BCUT2D eigenvalue weighted by Gasteiger charge is -2.40. The Kier molecular flexibility index (Phi) is 7.80. The van der Waals surface area contributed by atoms with Crippen LogP contribution in [0.5, 0.6) is 0 Å². The Hall–Kier alpha value is -2.66. The van der Waals surface area contributed by atoms with Crippen LogP contribution >= 0.6 is 0 Å². The van der Waals surface area contributed by atoms with Crippen LogP contribution in [0.3, 0.4) is 0 Å². The van der Waals surface area contributed by atoms with Crippen LogP contribution in [-0.4, -0.2) is 31.7 Å². The second-order valence-corrected chi connectivity index (χ2v) is 8.79. The van der Waals surface area contributed by atoms with E-state index in [2.05, 4.69) is 10.6 Å². The SMILES string of the molecule is CC(NC(=O)CC(C)(c1ccc(F)cc1)C1CNCCO1)c1cc(C(F)(F)F)cc(C(F)(F)F)c1. The number of carbonyl (C=O) groups is 1. The van der Waals surface area contributed by atoms with E-state index in [1.165, 1.54) is 31.2 Å². The van der Waals surface area contributed by atoms with E-state index in [1.54, 1.807) is 6.92 Å². The average Bonchev–Trinajstić information content (AvgIpc) is 2.78. The van der Waals surface area contributed by atoms with Crippen molar-refractivity contribution in [3.63, 3.8) is 0 Å². The zero-order valence-corrected chi connectivity index (χ0v) is 19.0. The minimum absolute atomic E-state index is 0.0387. The Morgan fingerprint density at radius 2 is 1.60 bits per heavy atom. The summed E-state index contributed by atoms with van der Waals surface area (Å²) < 4.78 is 98.6. The number of hydrogen-bond acceptors (Lipinski definition) is 3. The number of alkyl halides is 6. The Balaban J connectivity index is 1.86. The van der Waals surface area contributed by atoms with Crippen molar-refractivity contribution in [2.24, 2.45) is 0 Å². The van der Waals surface area contributed by atoms with Gasteiger partial charge in [0.25, 0.3) is 0 Å². The summed E-state index contributed by atoms with van der Waals surface area (Å²) in [6.07, 6.45) is -10.7. The summed E-state index contributed by atoms with van der Waals surface area (Å²) in [5.74, 6) is -1.08. The molecule has 0 aromatic heterocycles. The maximum atomic E-state index is 13.5. The number of morpholine rings is 1. The first-order valence-corrected chi connectivity index (χ1v) is 10.9. The van der Waals surface area contributed by atoms with Crippen LogP contribution in [0.2, 0.25) is 0 Å². The molecule has 2 aromatic carbocycles. The van der Waals surface area contributed by atoms with Crippen LogP contribution in [0.1, 0.15) is 48.6 Å². The summed E-state index contributed by atoms with van der Waals surface area (Å²) in [5, 5.41) is 5.66. The molecule has 0 aliphatic carbocycles. The molecule has 3 atom stereocenters. The molecule has 0 bridgehead atoms. The molecule has 192 valence electrons. The first kappa shape index (κ1) is 26.9. The molecule has 11 heteroatoms. The zero-order chi connectivity index (χ0) is 26.0. The number of rotatable bonds is 6. The fraction of sp³-hybridized carbons (Fsp3) is 0.458. The Labute approximate surface area is 197 Å². The molecule has 1 fully saturated rings. The molecule has 1 saturated heterocycles. The van der Waals surface area contributed by atoms with Crippen LogP contribution in [0.25, 0.3) is 0 Å². The second-order valence-electron chi connectivity index (χ2n) is 8.79. The normalized spacial score (nSPS) is 19.6. The molecule has 3 rings (SSSR count). The van der Waals surface area contributed by atoms with Gasteiger partial charge in [0.2, 0.25) is 5.91 Å². The highest BCUT2D eigenvalue weighted by atomic mass is 19.4. The summed E-state index contributed by atoms with van der Waals surface area (Å²) in [5.41, 5.74) is -3.59. The van der Waals surface area contributed by atoms with Gasteiger partial charge in [-0.15, -0.1) is 0 Å². The van der Waals surface area contributed by atoms with Crippen LogP contribution in [0, 0.1) is 5.82 Å². The molecule has 0 radical (unpaired) electrons. The Morgan fingerprint density at radius 3 is 2.09 bits per heavy atom. The van der Waals surface area contributed by atoms with Crippen LogP contribution in [0.15, 0.2) is 42.5 Å². The predicted octanol–water partition coefficient (Wildman–Crippen LogP) is 5.38. The van der Waals surface area contributed by atoms with Crippen molar-refractivity contribution in [3.8, 4) is 0 Å². The second kappa shape index (κ2) is 10.1. The first-order valence-electron chi connectivity index (χ1n) is 10.9. The van der Waals surface area contributed by atoms with Gasteiger partial charge in [0.05, 0.1) is 29.9 Å². The smallest absolute Gasteiger partial charge is 0.375 e. The lowest BCUT2D eigenvalue weighted by Crippen LogP contribution is -2.51. The minimum Gasteiger partial charge on any atom is -0.375 e. The quantitative estimate of drug-likeness (QED) is 0.518. The first-order chi connectivity index (χ1) is 16.2. The molecule has 0 saturated carbocycles. The van der Waals surface area contributed by atoms with Crippen molar-refractivity contribution in [1.29, 1.82) is 0 Å². The van der Waals surface area contributed by atoms with Gasteiger partial charge in [-0.1, -0.05) is 19.1 Å². The van der Waals surface area contributed by atoms with E-state index in [0.717, 1.165) is 0 Å². The monoisotopic (exact) mass is 506 g/mol. The van der Waals surface area contributed by atoms with Gasteiger partial charge in [0, 0.05) is 24.9 Å². The predicted molar refractivity (Wildman–Crippen MR) is 114 cm³/mol. The highest BCUT2D eigenvalue weighted by molar-refractivity contribution is 5.78. The number of benzene rings is 2. The number of carbonyl (C=O) groups excluding carboxylic acids is 1. The fourth-order valence-electron chi connectivity index (χ4n) is 4.15. The van der Waals surface area contributed by atoms with E-state index in [0.29, 0.717) is 37.4 Å². The molecule has 1 heterocycles.